The number of ketones is 1. The van der Waals surface area contributed by atoms with Crippen molar-refractivity contribution in [2.24, 2.45) is 0 Å². The second-order valence-electron chi connectivity index (χ2n) is 3.90. The van der Waals surface area contributed by atoms with Crippen LogP contribution >= 0.6 is 0 Å². The number of furan rings is 1. The fourth-order valence-electron chi connectivity index (χ4n) is 1.70. The molecule has 3 nitrogen and oxygen atoms in total. The maximum Gasteiger partial charge on any atom is 0.152 e. The van der Waals surface area contributed by atoms with Crippen LogP contribution < -0.4 is 4.74 Å². The number of hydrogen-bond acceptors (Lipinski definition) is 3. The molecule has 17 heavy (non-hydrogen) atoms. The molecule has 1 aromatic carbocycles. The fourth-order valence-corrected chi connectivity index (χ4v) is 1.70. The summed E-state index contributed by atoms with van der Waals surface area (Å²) in [6.45, 7) is 3.48. The number of fused-ring (bicyclic) bond motifs is 1. The van der Waals surface area contributed by atoms with E-state index in [0.717, 1.165) is 22.3 Å². The van der Waals surface area contributed by atoms with Gasteiger partial charge in [-0.1, -0.05) is 0 Å². The van der Waals surface area contributed by atoms with E-state index in [1.54, 1.807) is 13.2 Å². The quantitative estimate of drug-likeness (QED) is 0.759. The van der Waals surface area contributed by atoms with Crippen molar-refractivity contribution >= 4 is 22.8 Å². The summed E-state index contributed by atoms with van der Waals surface area (Å²) in [6.07, 6.45) is 3.20. The molecule has 88 valence electrons. The molecule has 0 radical (unpaired) electrons. The van der Waals surface area contributed by atoms with Crippen LogP contribution in [0.2, 0.25) is 0 Å². The number of carbonyl (C=O) groups is 1. The van der Waals surface area contributed by atoms with E-state index in [9.17, 15) is 4.79 Å². The third-order valence-electron chi connectivity index (χ3n) is 2.65. The van der Waals surface area contributed by atoms with Crippen LogP contribution in [0, 0.1) is 6.92 Å². The van der Waals surface area contributed by atoms with E-state index < -0.39 is 0 Å². The number of aryl methyl sites for hydroxylation is 1. The first kappa shape index (κ1) is 11.5. The third-order valence-corrected chi connectivity index (χ3v) is 2.65. The molecule has 0 aliphatic carbocycles. The molecule has 0 unspecified atom stereocenters. The number of carbonyl (C=O) groups excluding carboxylic acids is 1. The van der Waals surface area contributed by atoms with E-state index in [1.165, 1.54) is 13.0 Å². The molecule has 0 amide bonds. The van der Waals surface area contributed by atoms with Crippen LogP contribution in [0.25, 0.3) is 17.0 Å². The van der Waals surface area contributed by atoms with Gasteiger partial charge in [0.15, 0.2) is 5.78 Å². The summed E-state index contributed by atoms with van der Waals surface area (Å²) >= 11 is 0. The Morgan fingerprint density at radius 1 is 1.41 bits per heavy atom. The summed E-state index contributed by atoms with van der Waals surface area (Å²) in [7, 11) is 1.62. The van der Waals surface area contributed by atoms with Crippen LogP contribution in [0.15, 0.2) is 28.7 Å². The van der Waals surface area contributed by atoms with Crippen LogP contribution in [0.5, 0.6) is 5.75 Å². The maximum atomic E-state index is 10.9. The first-order valence-electron chi connectivity index (χ1n) is 5.37. The van der Waals surface area contributed by atoms with Gasteiger partial charge in [0.2, 0.25) is 0 Å². The van der Waals surface area contributed by atoms with Gasteiger partial charge in [0, 0.05) is 17.0 Å². The molecule has 0 bridgehead atoms. The van der Waals surface area contributed by atoms with Gasteiger partial charge < -0.3 is 9.15 Å². The van der Waals surface area contributed by atoms with Gasteiger partial charge in [0.05, 0.1) is 7.11 Å². The number of methoxy groups -OCH3 is 1. The van der Waals surface area contributed by atoms with Gasteiger partial charge in [-0.15, -0.1) is 0 Å². The largest absolute Gasteiger partial charge is 0.497 e. The van der Waals surface area contributed by atoms with E-state index in [2.05, 4.69) is 0 Å². The minimum atomic E-state index is 0.00226. The number of rotatable bonds is 3. The van der Waals surface area contributed by atoms with Gasteiger partial charge in [-0.3, -0.25) is 4.79 Å². The molecule has 0 saturated carbocycles. The van der Waals surface area contributed by atoms with E-state index in [-0.39, 0.29) is 5.78 Å². The minimum Gasteiger partial charge on any atom is -0.497 e. The molecule has 2 aromatic rings. The van der Waals surface area contributed by atoms with Crippen LogP contribution in [0.1, 0.15) is 18.2 Å². The molecule has 0 saturated heterocycles. The topological polar surface area (TPSA) is 39.4 Å². The van der Waals surface area contributed by atoms with Crippen molar-refractivity contribution in [3.63, 3.8) is 0 Å². The van der Waals surface area contributed by atoms with Crippen molar-refractivity contribution in [2.75, 3.05) is 7.11 Å². The molecule has 2 rings (SSSR count). The average Bonchev–Trinajstić information content (AvgIpc) is 2.63. The predicted molar refractivity (Wildman–Crippen MR) is 67.2 cm³/mol. The van der Waals surface area contributed by atoms with Crippen LogP contribution in [-0.4, -0.2) is 12.9 Å². The van der Waals surface area contributed by atoms with E-state index in [1.807, 2.05) is 25.1 Å². The molecule has 0 aliphatic rings. The maximum absolute atomic E-state index is 10.9. The van der Waals surface area contributed by atoms with Crippen LogP contribution in [0.3, 0.4) is 0 Å². The zero-order chi connectivity index (χ0) is 12.4. The summed E-state index contributed by atoms with van der Waals surface area (Å²) in [4.78, 5) is 10.9. The van der Waals surface area contributed by atoms with Crippen molar-refractivity contribution in [2.45, 2.75) is 13.8 Å². The Kier molecular flexibility index (Phi) is 3.00. The highest BCUT2D eigenvalue weighted by Crippen LogP contribution is 2.29. The Bertz CT molecular complexity index is 591. The fraction of sp³-hybridized carbons (Fsp3) is 0.214. The number of ether oxygens (including phenoxy) is 1. The summed E-state index contributed by atoms with van der Waals surface area (Å²) in [5.74, 6) is 1.47. The molecule has 0 atom stereocenters. The van der Waals surface area contributed by atoms with E-state index in [4.69, 9.17) is 9.15 Å². The van der Waals surface area contributed by atoms with Crippen molar-refractivity contribution < 1.29 is 13.9 Å². The molecule has 1 heterocycles. The first-order valence-corrected chi connectivity index (χ1v) is 5.37. The summed E-state index contributed by atoms with van der Waals surface area (Å²) in [6, 6.07) is 5.69. The lowest BCUT2D eigenvalue weighted by Crippen LogP contribution is -1.81. The van der Waals surface area contributed by atoms with Gasteiger partial charge in [-0.05, 0) is 38.1 Å². The molecule has 1 aromatic heterocycles. The van der Waals surface area contributed by atoms with Crippen molar-refractivity contribution in [3.05, 3.63) is 35.6 Å². The minimum absolute atomic E-state index is 0.00226. The lowest BCUT2D eigenvalue weighted by molar-refractivity contribution is -0.112. The van der Waals surface area contributed by atoms with Crippen LogP contribution in [-0.2, 0) is 4.79 Å². The van der Waals surface area contributed by atoms with Crippen molar-refractivity contribution in [1.29, 1.82) is 0 Å². The highest BCUT2D eigenvalue weighted by molar-refractivity contribution is 5.93. The second-order valence-corrected chi connectivity index (χ2v) is 3.90. The lowest BCUT2D eigenvalue weighted by Gasteiger charge is -1.97. The average molecular weight is 230 g/mol. The number of benzene rings is 1. The molecule has 0 aliphatic heterocycles. The van der Waals surface area contributed by atoms with Crippen molar-refractivity contribution in [3.8, 4) is 5.75 Å². The van der Waals surface area contributed by atoms with Crippen LogP contribution in [0.4, 0.5) is 0 Å². The van der Waals surface area contributed by atoms with E-state index >= 15 is 0 Å². The van der Waals surface area contributed by atoms with Crippen molar-refractivity contribution in [1.82, 2.24) is 0 Å². The molecular weight excluding hydrogens is 216 g/mol. The zero-order valence-corrected chi connectivity index (χ0v) is 10.1. The van der Waals surface area contributed by atoms with Gasteiger partial charge in [0.25, 0.3) is 0 Å². The number of allylic oxidation sites excluding steroid dienone is 1. The molecule has 0 N–H and O–H groups in total. The Labute approximate surface area is 99.7 Å². The summed E-state index contributed by atoms with van der Waals surface area (Å²) in [5, 5.41) is 1.04. The predicted octanol–water partition coefficient (Wildman–Crippen LogP) is 3.35. The normalized spacial score (nSPS) is 11.2. The monoisotopic (exact) mass is 230 g/mol. The third kappa shape index (κ3) is 2.23. The summed E-state index contributed by atoms with van der Waals surface area (Å²) < 4.78 is 10.8. The first-order chi connectivity index (χ1) is 8.11. The zero-order valence-electron chi connectivity index (χ0n) is 10.1. The Hall–Kier alpha value is -2.03. The van der Waals surface area contributed by atoms with Gasteiger partial charge in [-0.2, -0.15) is 0 Å². The van der Waals surface area contributed by atoms with Gasteiger partial charge in [0.1, 0.15) is 17.1 Å². The number of hydrogen-bond donors (Lipinski definition) is 0. The highest BCUT2D eigenvalue weighted by atomic mass is 16.5. The lowest BCUT2D eigenvalue weighted by atomic mass is 10.1. The molecular formula is C14H14O3. The summed E-state index contributed by atoms with van der Waals surface area (Å²) in [5.41, 5.74) is 1.80. The SMILES string of the molecule is COc1ccc2c(C)c(/C=C/C(C)=O)oc2c1. The smallest absolute Gasteiger partial charge is 0.152 e. The van der Waals surface area contributed by atoms with Gasteiger partial charge in [-0.25, -0.2) is 0 Å². The Morgan fingerprint density at radius 3 is 2.82 bits per heavy atom. The molecule has 0 spiro atoms. The second kappa shape index (κ2) is 4.45. The molecule has 3 heteroatoms. The standard InChI is InChI=1S/C14H14O3/c1-9(15)4-7-13-10(2)12-6-5-11(16-3)8-14(12)17-13/h4-8H,1-3H3/b7-4+. The highest BCUT2D eigenvalue weighted by Gasteiger charge is 2.08. The molecule has 0 fully saturated rings. The Balaban J connectivity index is 2.52. The Morgan fingerprint density at radius 2 is 2.18 bits per heavy atom. The van der Waals surface area contributed by atoms with E-state index in [0.29, 0.717) is 5.76 Å². The van der Waals surface area contributed by atoms with Gasteiger partial charge >= 0.3 is 0 Å².